The van der Waals surface area contributed by atoms with E-state index in [0.717, 1.165) is 61.4 Å². The molecule has 1 aliphatic rings. The molecule has 1 aliphatic carbocycles. The number of hydrogen-bond donors (Lipinski definition) is 1. The summed E-state index contributed by atoms with van der Waals surface area (Å²) in [4.78, 5) is 9.08. The van der Waals surface area contributed by atoms with Crippen molar-refractivity contribution in [3.63, 3.8) is 0 Å². The predicted octanol–water partition coefficient (Wildman–Crippen LogP) is 3.74. The topological polar surface area (TPSA) is 47.0 Å². The van der Waals surface area contributed by atoms with E-state index in [0.29, 0.717) is 0 Å². The number of aryl methyl sites for hydroxylation is 1. The number of ether oxygens (including phenoxy) is 1. The third-order valence-corrected chi connectivity index (χ3v) is 4.00. The largest absolute Gasteiger partial charge is 0.477 e. The first kappa shape index (κ1) is 15.1. The predicted molar refractivity (Wildman–Crippen MR) is 82.4 cm³/mol. The van der Waals surface area contributed by atoms with Gasteiger partial charge < -0.3 is 10.1 Å². The van der Waals surface area contributed by atoms with E-state index in [1.165, 1.54) is 19.3 Å². The summed E-state index contributed by atoms with van der Waals surface area (Å²) in [6.45, 7) is 7.98. The van der Waals surface area contributed by atoms with Gasteiger partial charge in [0.1, 0.15) is 11.6 Å². The van der Waals surface area contributed by atoms with Gasteiger partial charge in [-0.2, -0.15) is 4.98 Å². The Kier molecular flexibility index (Phi) is 5.62. The van der Waals surface area contributed by atoms with Crippen molar-refractivity contribution in [3.05, 3.63) is 11.4 Å². The van der Waals surface area contributed by atoms with Crippen LogP contribution in [0.3, 0.4) is 0 Å². The lowest BCUT2D eigenvalue weighted by molar-refractivity contribution is 0.216. The number of anilines is 1. The molecule has 0 aliphatic heterocycles. The van der Waals surface area contributed by atoms with Crippen molar-refractivity contribution in [2.45, 2.75) is 59.3 Å². The Morgan fingerprint density at radius 2 is 2.05 bits per heavy atom. The molecule has 0 bridgehead atoms. The van der Waals surface area contributed by atoms with Crippen LogP contribution in [-0.2, 0) is 6.42 Å². The molecule has 0 saturated heterocycles. The second kappa shape index (κ2) is 7.46. The van der Waals surface area contributed by atoms with E-state index < -0.39 is 0 Å². The maximum Gasteiger partial charge on any atom is 0.221 e. The van der Waals surface area contributed by atoms with E-state index in [1.54, 1.807) is 0 Å². The van der Waals surface area contributed by atoms with Crippen molar-refractivity contribution < 1.29 is 4.74 Å². The Labute approximate surface area is 122 Å². The van der Waals surface area contributed by atoms with E-state index >= 15 is 0 Å². The SMILES string of the molecule is CCCNc1nc(CC)nc(OCCC2CCC2)c1C. The van der Waals surface area contributed by atoms with Crippen molar-refractivity contribution in [2.24, 2.45) is 5.92 Å². The molecule has 1 aromatic rings. The third kappa shape index (κ3) is 3.84. The van der Waals surface area contributed by atoms with Crippen LogP contribution >= 0.6 is 0 Å². The molecule has 1 saturated carbocycles. The van der Waals surface area contributed by atoms with Crippen molar-refractivity contribution >= 4 is 5.82 Å². The first-order valence-electron chi connectivity index (χ1n) is 7.98. The van der Waals surface area contributed by atoms with Gasteiger partial charge in [0, 0.05) is 13.0 Å². The molecule has 1 fully saturated rings. The van der Waals surface area contributed by atoms with Gasteiger partial charge >= 0.3 is 0 Å². The van der Waals surface area contributed by atoms with Crippen molar-refractivity contribution in [1.82, 2.24) is 9.97 Å². The summed E-state index contributed by atoms with van der Waals surface area (Å²) in [7, 11) is 0. The quantitative estimate of drug-likeness (QED) is 0.786. The van der Waals surface area contributed by atoms with Crippen LogP contribution < -0.4 is 10.1 Å². The van der Waals surface area contributed by atoms with Crippen LogP contribution in [0.5, 0.6) is 5.88 Å². The molecule has 0 radical (unpaired) electrons. The van der Waals surface area contributed by atoms with Gasteiger partial charge in [-0.25, -0.2) is 4.98 Å². The summed E-state index contributed by atoms with van der Waals surface area (Å²) in [6.07, 6.45) is 7.21. The standard InChI is InChI=1S/C16H27N3O/c1-4-10-17-15-12(3)16(19-14(5-2)18-15)20-11-9-13-7-6-8-13/h13H,4-11H2,1-3H3,(H,17,18,19). The normalized spacial score (nSPS) is 14.9. The molecule has 0 aromatic carbocycles. The van der Waals surface area contributed by atoms with Gasteiger partial charge in [0.2, 0.25) is 5.88 Å². The molecule has 4 nitrogen and oxygen atoms in total. The third-order valence-electron chi connectivity index (χ3n) is 4.00. The highest BCUT2D eigenvalue weighted by molar-refractivity contribution is 5.48. The van der Waals surface area contributed by atoms with Gasteiger partial charge in [0.25, 0.3) is 0 Å². The molecule has 2 rings (SSSR count). The minimum atomic E-state index is 0.759. The minimum absolute atomic E-state index is 0.759. The number of aromatic nitrogens is 2. The summed E-state index contributed by atoms with van der Waals surface area (Å²) in [5, 5.41) is 3.37. The first-order valence-corrected chi connectivity index (χ1v) is 7.98. The van der Waals surface area contributed by atoms with Crippen LogP contribution in [0.4, 0.5) is 5.82 Å². The van der Waals surface area contributed by atoms with Gasteiger partial charge in [0.05, 0.1) is 12.2 Å². The van der Waals surface area contributed by atoms with Crippen molar-refractivity contribution in [3.8, 4) is 5.88 Å². The van der Waals surface area contributed by atoms with Crippen LogP contribution in [0.15, 0.2) is 0 Å². The van der Waals surface area contributed by atoms with Crippen LogP contribution in [0.2, 0.25) is 0 Å². The van der Waals surface area contributed by atoms with Crippen molar-refractivity contribution in [1.29, 1.82) is 0 Å². The highest BCUT2D eigenvalue weighted by atomic mass is 16.5. The zero-order chi connectivity index (χ0) is 14.4. The van der Waals surface area contributed by atoms with Crippen LogP contribution in [0.1, 0.15) is 57.3 Å². The van der Waals surface area contributed by atoms with Gasteiger partial charge in [-0.1, -0.05) is 33.1 Å². The lowest BCUT2D eigenvalue weighted by Crippen LogP contribution is -2.16. The second-order valence-corrected chi connectivity index (χ2v) is 5.63. The molecule has 112 valence electrons. The number of hydrogen-bond acceptors (Lipinski definition) is 4. The summed E-state index contributed by atoms with van der Waals surface area (Å²) in [5.74, 6) is 3.42. The smallest absolute Gasteiger partial charge is 0.221 e. The van der Waals surface area contributed by atoms with E-state index in [4.69, 9.17) is 4.74 Å². The molecule has 20 heavy (non-hydrogen) atoms. The Hall–Kier alpha value is -1.32. The fourth-order valence-corrected chi connectivity index (χ4v) is 2.36. The lowest BCUT2D eigenvalue weighted by Gasteiger charge is -2.25. The number of nitrogens with one attached hydrogen (secondary N) is 1. The molecular weight excluding hydrogens is 250 g/mol. The summed E-state index contributed by atoms with van der Waals surface area (Å²) in [5.41, 5.74) is 1.03. The maximum absolute atomic E-state index is 5.92. The van der Waals surface area contributed by atoms with Gasteiger partial charge in [-0.3, -0.25) is 0 Å². The molecular formula is C16H27N3O. The van der Waals surface area contributed by atoms with E-state index in [9.17, 15) is 0 Å². The van der Waals surface area contributed by atoms with Gasteiger partial charge in [0.15, 0.2) is 0 Å². The number of nitrogens with zero attached hydrogens (tertiary/aromatic N) is 2. The number of rotatable bonds is 8. The zero-order valence-corrected chi connectivity index (χ0v) is 13.0. The lowest BCUT2D eigenvalue weighted by atomic mass is 9.83. The fraction of sp³-hybridized carbons (Fsp3) is 0.750. The zero-order valence-electron chi connectivity index (χ0n) is 13.0. The average Bonchev–Trinajstić information content (AvgIpc) is 2.41. The van der Waals surface area contributed by atoms with E-state index in [1.807, 2.05) is 6.92 Å². The van der Waals surface area contributed by atoms with Gasteiger partial charge in [-0.15, -0.1) is 0 Å². The highest BCUT2D eigenvalue weighted by Gasteiger charge is 2.18. The molecule has 0 amide bonds. The second-order valence-electron chi connectivity index (χ2n) is 5.63. The molecule has 0 unspecified atom stereocenters. The molecule has 0 spiro atoms. The summed E-state index contributed by atoms with van der Waals surface area (Å²) < 4.78 is 5.92. The molecule has 0 atom stereocenters. The van der Waals surface area contributed by atoms with Crippen LogP contribution in [-0.4, -0.2) is 23.1 Å². The molecule has 1 aromatic heterocycles. The monoisotopic (exact) mass is 277 g/mol. The summed E-state index contributed by atoms with van der Waals surface area (Å²) in [6, 6.07) is 0. The highest BCUT2D eigenvalue weighted by Crippen LogP contribution is 2.30. The van der Waals surface area contributed by atoms with Gasteiger partial charge in [-0.05, 0) is 25.7 Å². The molecule has 1 N–H and O–H groups in total. The Balaban J connectivity index is 2.00. The minimum Gasteiger partial charge on any atom is -0.477 e. The Morgan fingerprint density at radius 3 is 2.65 bits per heavy atom. The van der Waals surface area contributed by atoms with E-state index in [2.05, 4.69) is 29.1 Å². The van der Waals surface area contributed by atoms with Crippen LogP contribution in [0.25, 0.3) is 0 Å². The van der Waals surface area contributed by atoms with Crippen molar-refractivity contribution in [2.75, 3.05) is 18.5 Å². The first-order chi connectivity index (χ1) is 9.74. The van der Waals surface area contributed by atoms with E-state index in [-0.39, 0.29) is 0 Å². The Bertz CT molecular complexity index is 430. The molecule has 4 heteroatoms. The fourth-order valence-electron chi connectivity index (χ4n) is 2.36. The summed E-state index contributed by atoms with van der Waals surface area (Å²) >= 11 is 0. The maximum atomic E-state index is 5.92. The van der Waals surface area contributed by atoms with Crippen LogP contribution in [0, 0.1) is 12.8 Å². The average molecular weight is 277 g/mol. The molecule has 1 heterocycles. The Morgan fingerprint density at radius 1 is 1.25 bits per heavy atom.